The summed E-state index contributed by atoms with van der Waals surface area (Å²) in [6.45, 7) is -0.986. The van der Waals surface area contributed by atoms with Gasteiger partial charge in [0, 0.05) is 6.42 Å². The molecule has 0 radical (unpaired) electrons. The number of urea groups is 1. The monoisotopic (exact) mass is 318 g/mol. The topological polar surface area (TPSA) is 172 Å². The Labute approximate surface area is 123 Å². The van der Waals surface area contributed by atoms with Gasteiger partial charge >= 0.3 is 18.2 Å². The van der Waals surface area contributed by atoms with Crippen molar-refractivity contribution in [3.8, 4) is 0 Å². The molecule has 122 valence electrons. The summed E-state index contributed by atoms with van der Waals surface area (Å²) < 4.78 is 5.26. The number of carbonyl (C=O) groups excluding carboxylic acids is 1. The van der Waals surface area contributed by atoms with Crippen molar-refractivity contribution in [1.82, 2.24) is 15.1 Å². The predicted octanol–water partition coefficient (Wildman–Crippen LogP) is -1.55. The van der Waals surface area contributed by atoms with Crippen LogP contribution < -0.4 is 5.32 Å². The molecule has 3 atom stereocenters. The number of ether oxygens (including phenoxy) is 1. The lowest BCUT2D eigenvalue weighted by Gasteiger charge is -2.34. The quantitative estimate of drug-likeness (QED) is 0.407. The molecule has 0 aromatic heterocycles. The summed E-state index contributed by atoms with van der Waals surface area (Å²) >= 11 is 0. The summed E-state index contributed by atoms with van der Waals surface area (Å²) in [6, 6.07) is -0.919. The minimum atomic E-state index is -1.57. The second-order valence-electron chi connectivity index (χ2n) is 4.58. The third kappa shape index (κ3) is 3.08. The minimum absolute atomic E-state index is 0.0262. The van der Waals surface area contributed by atoms with E-state index < -0.39 is 55.9 Å². The highest BCUT2D eigenvalue weighted by molar-refractivity contribution is 6.06. The van der Waals surface area contributed by atoms with E-state index in [1.165, 1.54) is 0 Å². The van der Waals surface area contributed by atoms with Gasteiger partial charge in [-0.25, -0.2) is 19.3 Å². The third-order valence-electron chi connectivity index (χ3n) is 3.18. The van der Waals surface area contributed by atoms with Crippen molar-refractivity contribution in [2.24, 2.45) is 4.99 Å². The van der Waals surface area contributed by atoms with Crippen LogP contribution in [0, 0.1) is 0 Å². The van der Waals surface area contributed by atoms with Crippen molar-refractivity contribution in [3.63, 3.8) is 0 Å². The van der Waals surface area contributed by atoms with Crippen LogP contribution in [-0.2, 0) is 4.74 Å². The predicted molar refractivity (Wildman–Crippen MR) is 66.9 cm³/mol. The highest BCUT2D eigenvalue weighted by Gasteiger charge is 2.42. The normalized spacial score (nSPS) is 28.5. The Balaban J connectivity index is 2.19. The molecule has 0 saturated carbocycles. The maximum Gasteiger partial charge on any atom is 0.415 e. The number of hydrogen-bond donors (Lipinski definition) is 5. The number of aliphatic hydroxyl groups is 2. The molecule has 2 aliphatic rings. The smallest absolute Gasteiger partial charge is 0.415 e. The van der Waals surface area contributed by atoms with Crippen LogP contribution >= 0.6 is 0 Å². The first kappa shape index (κ1) is 15.9. The average molecular weight is 318 g/mol. The zero-order valence-electron chi connectivity index (χ0n) is 11.1. The second kappa shape index (κ2) is 6.13. The molecule has 5 N–H and O–H groups in total. The van der Waals surface area contributed by atoms with Crippen LogP contribution in [0.25, 0.3) is 0 Å². The molecule has 2 heterocycles. The van der Waals surface area contributed by atoms with Crippen molar-refractivity contribution in [1.29, 1.82) is 0 Å². The lowest BCUT2D eigenvalue weighted by Crippen LogP contribution is -2.58. The molecule has 0 aromatic rings. The van der Waals surface area contributed by atoms with E-state index in [1.807, 2.05) is 0 Å². The van der Waals surface area contributed by atoms with E-state index in [-0.39, 0.29) is 6.42 Å². The first-order chi connectivity index (χ1) is 10.3. The van der Waals surface area contributed by atoms with Crippen LogP contribution in [0.1, 0.15) is 6.42 Å². The van der Waals surface area contributed by atoms with Gasteiger partial charge in [-0.3, -0.25) is 10.2 Å². The number of aliphatic imine (C=N–C) groups is 1. The van der Waals surface area contributed by atoms with Crippen molar-refractivity contribution in [2.75, 3.05) is 13.3 Å². The Morgan fingerprint density at radius 3 is 2.59 bits per heavy atom. The van der Waals surface area contributed by atoms with E-state index in [4.69, 9.17) is 20.1 Å². The molecule has 1 saturated heterocycles. The Hall–Kier alpha value is -2.44. The first-order valence-electron chi connectivity index (χ1n) is 6.17. The standard InChI is InChI=1S/C10H14N4O8/c15-2-5-4(16)1-6(22-5)13-3-14(10(20)21)7(11-8(13)17)12-9(18)19/h4-6,15-16H,1-3H2,(H,18,19)(H,20,21)(H,11,12,17). The summed E-state index contributed by atoms with van der Waals surface area (Å²) in [6.07, 6.45) is -6.00. The highest BCUT2D eigenvalue weighted by atomic mass is 16.5. The van der Waals surface area contributed by atoms with Crippen molar-refractivity contribution in [2.45, 2.75) is 24.9 Å². The van der Waals surface area contributed by atoms with Gasteiger partial charge in [0.2, 0.25) is 5.96 Å². The van der Waals surface area contributed by atoms with Crippen LogP contribution in [0.3, 0.4) is 0 Å². The molecule has 2 rings (SSSR count). The summed E-state index contributed by atoms with van der Waals surface area (Å²) in [4.78, 5) is 38.4. The highest BCUT2D eigenvalue weighted by Crippen LogP contribution is 2.25. The number of guanidine groups is 1. The zero-order valence-corrected chi connectivity index (χ0v) is 11.1. The third-order valence-corrected chi connectivity index (χ3v) is 3.18. The van der Waals surface area contributed by atoms with Crippen LogP contribution in [0.2, 0.25) is 0 Å². The number of aliphatic hydroxyl groups excluding tert-OH is 2. The Bertz CT molecular complexity index is 523. The van der Waals surface area contributed by atoms with Crippen LogP contribution in [-0.4, -0.2) is 86.1 Å². The molecule has 0 bridgehead atoms. The number of hydrogen-bond acceptors (Lipinski definition) is 6. The fraction of sp³-hybridized carbons (Fsp3) is 0.600. The Kier molecular flexibility index (Phi) is 4.44. The van der Waals surface area contributed by atoms with Crippen molar-refractivity contribution < 1.29 is 39.5 Å². The summed E-state index contributed by atoms with van der Waals surface area (Å²) in [5, 5.41) is 38.0. The maximum atomic E-state index is 11.9. The lowest BCUT2D eigenvalue weighted by molar-refractivity contribution is -0.0702. The largest absolute Gasteiger partial charge is 0.465 e. The van der Waals surface area contributed by atoms with Gasteiger partial charge in [-0.15, -0.1) is 0 Å². The molecule has 2 aliphatic heterocycles. The molecule has 12 heteroatoms. The summed E-state index contributed by atoms with van der Waals surface area (Å²) in [5.41, 5.74) is 0. The molecular weight excluding hydrogens is 304 g/mol. The molecule has 0 aromatic carbocycles. The fourth-order valence-corrected chi connectivity index (χ4v) is 2.12. The summed E-state index contributed by atoms with van der Waals surface area (Å²) in [7, 11) is 0. The molecular formula is C10H14N4O8. The number of carbonyl (C=O) groups is 3. The number of nitrogens with zero attached hydrogens (tertiary/aromatic N) is 3. The van der Waals surface area contributed by atoms with Gasteiger partial charge in [0.05, 0.1) is 12.7 Å². The molecule has 0 spiro atoms. The van der Waals surface area contributed by atoms with E-state index in [0.717, 1.165) is 4.90 Å². The lowest BCUT2D eigenvalue weighted by atomic mass is 10.2. The molecule has 3 unspecified atom stereocenters. The number of nitrogens with one attached hydrogen (secondary N) is 1. The minimum Gasteiger partial charge on any atom is -0.465 e. The van der Waals surface area contributed by atoms with Crippen molar-refractivity contribution >= 4 is 24.2 Å². The van der Waals surface area contributed by atoms with E-state index in [0.29, 0.717) is 4.90 Å². The van der Waals surface area contributed by atoms with Gasteiger partial charge in [-0.1, -0.05) is 0 Å². The average Bonchev–Trinajstić information content (AvgIpc) is 2.78. The van der Waals surface area contributed by atoms with Gasteiger partial charge < -0.3 is 25.2 Å². The van der Waals surface area contributed by atoms with E-state index in [2.05, 4.69) is 4.99 Å². The van der Waals surface area contributed by atoms with E-state index in [9.17, 15) is 19.5 Å². The molecule has 1 fully saturated rings. The van der Waals surface area contributed by atoms with Crippen molar-refractivity contribution in [3.05, 3.63) is 0 Å². The van der Waals surface area contributed by atoms with Crippen LogP contribution in [0.15, 0.2) is 4.99 Å². The van der Waals surface area contributed by atoms with E-state index in [1.54, 1.807) is 5.32 Å². The van der Waals surface area contributed by atoms with Gasteiger partial charge in [0.15, 0.2) is 0 Å². The van der Waals surface area contributed by atoms with Gasteiger partial charge in [0.25, 0.3) is 0 Å². The SMILES string of the molecule is O=C(O)NC1=NC(=O)N(C2CC(O)C(CO)O2)CN1C(=O)O. The molecule has 0 aliphatic carbocycles. The van der Waals surface area contributed by atoms with Gasteiger partial charge in [0.1, 0.15) is 19.0 Å². The number of rotatable bonds is 2. The van der Waals surface area contributed by atoms with Crippen LogP contribution in [0.4, 0.5) is 14.4 Å². The van der Waals surface area contributed by atoms with Crippen LogP contribution in [0.5, 0.6) is 0 Å². The molecule has 12 nitrogen and oxygen atoms in total. The first-order valence-corrected chi connectivity index (χ1v) is 6.17. The number of amides is 4. The number of carboxylic acid groups (broad SMARTS) is 2. The Morgan fingerprint density at radius 1 is 1.41 bits per heavy atom. The van der Waals surface area contributed by atoms with Gasteiger partial charge in [-0.2, -0.15) is 4.99 Å². The van der Waals surface area contributed by atoms with E-state index >= 15 is 0 Å². The Morgan fingerprint density at radius 2 is 2.09 bits per heavy atom. The fourth-order valence-electron chi connectivity index (χ4n) is 2.12. The second-order valence-corrected chi connectivity index (χ2v) is 4.58. The maximum absolute atomic E-state index is 11.9. The van der Waals surface area contributed by atoms with Gasteiger partial charge in [-0.05, 0) is 0 Å². The zero-order chi connectivity index (χ0) is 16.4. The molecule has 22 heavy (non-hydrogen) atoms. The molecule has 4 amide bonds. The summed E-state index contributed by atoms with van der Waals surface area (Å²) in [5.74, 6) is -0.640.